The number of carbonyl (C=O) groups is 2. The van der Waals surface area contributed by atoms with E-state index in [1.165, 1.54) is 12.1 Å². The summed E-state index contributed by atoms with van der Waals surface area (Å²) in [5.41, 5.74) is -0.229. The van der Waals surface area contributed by atoms with E-state index in [1.54, 1.807) is 25.8 Å². The minimum absolute atomic E-state index is 0.0180. The Balaban J connectivity index is 2.49. The second-order valence-corrected chi connectivity index (χ2v) is 8.26. The molecule has 0 aliphatic rings. The van der Waals surface area contributed by atoms with Gasteiger partial charge in [0.15, 0.2) is 11.5 Å². The lowest BCUT2D eigenvalue weighted by atomic mass is 10.0. The third kappa shape index (κ3) is 6.49. The maximum Gasteiger partial charge on any atom is 0.416 e. The number of amides is 1. The van der Waals surface area contributed by atoms with E-state index in [4.69, 9.17) is 9.26 Å². The van der Waals surface area contributed by atoms with Crippen molar-refractivity contribution in [3.05, 3.63) is 35.5 Å². The fourth-order valence-electron chi connectivity index (χ4n) is 3.02. The third-order valence-electron chi connectivity index (χ3n) is 5.50. The summed E-state index contributed by atoms with van der Waals surface area (Å²) in [6.45, 7) is 9.46. The Morgan fingerprint density at radius 3 is 2.27 bits per heavy atom. The van der Waals surface area contributed by atoms with Gasteiger partial charge in [0.05, 0.1) is 18.6 Å². The number of anilines is 1. The molecule has 0 radical (unpaired) electrons. The number of nitrogens with zero attached hydrogens (tertiary/aromatic N) is 2. The lowest BCUT2D eigenvalue weighted by Gasteiger charge is -2.27. The molecule has 1 N–H and O–H groups in total. The highest BCUT2D eigenvalue weighted by molar-refractivity contribution is 6.01. The number of alkyl halides is 3. The van der Waals surface area contributed by atoms with E-state index in [-0.39, 0.29) is 42.1 Å². The SMILES string of the molecule is CCOC(=O)CC(C)N(C)c1c(C(=O)N[C@@H](C)C(C)C)noc1-c1ccc(C(F)(F)F)cc1. The molecule has 0 aliphatic carbocycles. The lowest BCUT2D eigenvalue weighted by Crippen LogP contribution is -2.38. The van der Waals surface area contributed by atoms with E-state index in [2.05, 4.69) is 10.5 Å². The van der Waals surface area contributed by atoms with Crippen LogP contribution in [0.25, 0.3) is 11.3 Å². The predicted molar refractivity (Wildman–Crippen MR) is 118 cm³/mol. The Hall–Kier alpha value is -3.04. The highest BCUT2D eigenvalue weighted by atomic mass is 19.4. The molecule has 10 heteroatoms. The first kappa shape index (κ1) is 26.2. The standard InChI is InChI=1S/C23H30F3N3O4/c1-7-32-18(30)12-14(4)29(6)20-19(22(31)27-15(5)13(2)3)28-33-21(20)16-8-10-17(11-9-16)23(24,25)26/h8-11,13-15H,7,12H2,1-6H3,(H,27,31)/t14?,15-/m0/s1. The molecule has 1 aromatic heterocycles. The van der Waals surface area contributed by atoms with E-state index >= 15 is 0 Å². The second kappa shape index (κ2) is 10.7. The van der Waals surface area contributed by atoms with Gasteiger partial charge in [0.25, 0.3) is 5.91 Å². The Morgan fingerprint density at radius 2 is 1.76 bits per heavy atom. The predicted octanol–water partition coefficient (Wildman–Crippen LogP) is 4.91. The highest BCUT2D eigenvalue weighted by Gasteiger charge is 2.32. The zero-order valence-electron chi connectivity index (χ0n) is 19.6. The summed E-state index contributed by atoms with van der Waals surface area (Å²) in [7, 11) is 1.66. The van der Waals surface area contributed by atoms with Crippen molar-refractivity contribution in [1.29, 1.82) is 0 Å². The molecule has 1 unspecified atom stereocenters. The van der Waals surface area contributed by atoms with Crippen LogP contribution >= 0.6 is 0 Å². The van der Waals surface area contributed by atoms with Crippen molar-refractivity contribution in [2.45, 2.75) is 59.3 Å². The molecule has 0 saturated carbocycles. The summed E-state index contributed by atoms with van der Waals surface area (Å²) in [4.78, 5) is 26.6. The van der Waals surface area contributed by atoms with E-state index in [9.17, 15) is 22.8 Å². The van der Waals surface area contributed by atoms with Gasteiger partial charge in [0.2, 0.25) is 0 Å². The first-order valence-corrected chi connectivity index (χ1v) is 10.7. The molecule has 2 aromatic rings. The molecule has 2 rings (SSSR count). The van der Waals surface area contributed by atoms with Crippen molar-refractivity contribution in [3.63, 3.8) is 0 Å². The smallest absolute Gasteiger partial charge is 0.416 e. The van der Waals surface area contributed by atoms with Crippen LogP contribution in [0.5, 0.6) is 0 Å². The molecule has 0 spiro atoms. The number of carbonyl (C=O) groups excluding carboxylic acids is 2. The fraction of sp³-hybridized carbons (Fsp3) is 0.522. The Bertz CT molecular complexity index is 955. The molecular formula is C23H30F3N3O4. The van der Waals surface area contributed by atoms with Gasteiger partial charge in [-0.1, -0.05) is 31.1 Å². The van der Waals surface area contributed by atoms with Crippen molar-refractivity contribution >= 4 is 17.6 Å². The number of halogens is 3. The van der Waals surface area contributed by atoms with Gasteiger partial charge in [0, 0.05) is 24.7 Å². The summed E-state index contributed by atoms with van der Waals surface area (Å²) in [6.07, 6.45) is -4.45. The minimum atomic E-state index is -4.48. The van der Waals surface area contributed by atoms with Gasteiger partial charge in [-0.25, -0.2) is 0 Å². The normalized spacial score (nSPS) is 13.5. The Kier molecular flexibility index (Phi) is 8.51. The molecule has 0 bridgehead atoms. The van der Waals surface area contributed by atoms with Gasteiger partial charge in [-0.05, 0) is 38.8 Å². The maximum atomic E-state index is 13.0. The molecule has 0 fully saturated rings. The van der Waals surface area contributed by atoms with Crippen LogP contribution in [0.3, 0.4) is 0 Å². The van der Waals surface area contributed by atoms with E-state index < -0.39 is 29.7 Å². The number of benzene rings is 1. The topological polar surface area (TPSA) is 84.7 Å². The highest BCUT2D eigenvalue weighted by Crippen LogP contribution is 2.37. The largest absolute Gasteiger partial charge is 0.466 e. The van der Waals surface area contributed by atoms with Crippen molar-refractivity contribution in [3.8, 4) is 11.3 Å². The number of rotatable bonds is 9. The van der Waals surface area contributed by atoms with Crippen molar-refractivity contribution in [2.75, 3.05) is 18.6 Å². The molecule has 182 valence electrons. The second-order valence-electron chi connectivity index (χ2n) is 8.26. The molecular weight excluding hydrogens is 439 g/mol. The van der Waals surface area contributed by atoms with Gasteiger partial charge in [0.1, 0.15) is 5.69 Å². The van der Waals surface area contributed by atoms with Gasteiger partial charge >= 0.3 is 12.1 Å². The fourth-order valence-corrected chi connectivity index (χ4v) is 3.02. The van der Waals surface area contributed by atoms with Crippen LogP contribution in [0.1, 0.15) is 57.1 Å². The summed E-state index contributed by atoms with van der Waals surface area (Å²) >= 11 is 0. The number of nitrogens with one attached hydrogen (secondary N) is 1. The number of hydrogen-bond acceptors (Lipinski definition) is 6. The number of hydrogen-bond donors (Lipinski definition) is 1. The summed E-state index contributed by atoms with van der Waals surface area (Å²) in [5, 5.41) is 6.78. The monoisotopic (exact) mass is 469 g/mol. The van der Waals surface area contributed by atoms with Gasteiger partial charge in [-0.3, -0.25) is 9.59 Å². The zero-order chi connectivity index (χ0) is 24.9. The average molecular weight is 470 g/mol. The van der Waals surface area contributed by atoms with Crippen LogP contribution in [0, 0.1) is 5.92 Å². The summed E-state index contributed by atoms with van der Waals surface area (Å²) in [6, 6.07) is 3.82. The summed E-state index contributed by atoms with van der Waals surface area (Å²) in [5.74, 6) is -0.601. The van der Waals surface area contributed by atoms with Crippen molar-refractivity contribution in [1.82, 2.24) is 10.5 Å². The van der Waals surface area contributed by atoms with Crippen molar-refractivity contribution < 1.29 is 32.0 Å². The van der Waals surface area contributed by atoms with E-state index in [1.807, 2.05) is 20.8 Å². The molecule has 0 saturated heterocycles. The molecule has 1 aromatic carbocycles. The van der Waals surface area contributed by atoms with Crippen LogP contribution in [0.4, 0.5) is 18.9 Å². The molecule has 1 amide bonds. The van der Waals surface area contributed by atoms with Crippen LogP contribution < -0.4 is 10.2 Å². The van der Waals surface area contributed by atoms with Crippen LogP contribution in [-0.4, -0.2) is 42.8 Å². The first-order valence-electron chi connectivity index (χ1n) is 10.7. The molecule has 2 atom stereocenters. The number of esters is 1. The van der Waals surface area contributed by atoms with Crippen LogP contribution in [0.15, 0.2) is 28.8 Å². The first-order chi connectivity index (χ1) is 15.4. The lowest BCUT2D eigenvalue weighted by molar-refractivity contribution is -0.143. The van der Waals surface area contributed by atoms with Crippen LogP contribution in [-0.2, 0) is 15.7 Å². The summed E-state index contributed by atoms with van der Waals surface area (Å²) < 4.78 is 49.4. The van der Waals surface area contributed by atoms with E-state index in [0.29, 0.717) is 5.56 Å². The average Bonchev–Trinajstić information content (AvgIpc) is 3.17. The minimum Gasteiger partial charge on any atom is -0.466 e. The Morgan fingerprint density at radius 1 is 1.15 bits per heavy atom. The van der Waals surface area contributed by atoms with Gasteiger partial charge < -0.3 is 19.5 Å². The molecule has 33 heavy (non-hydrogen) atoms. The Labute approximate surface area is 191 Å². The number of aromatic nitrogens is 1. The van der Waals surface area contributed by atoms with Gasteiger partial charge in [-0.15, -0.1) is 0 Å². The van der Waals surface area contributed by atoms with Gasteiger partial charge in [-0.2, -0.15) is 13.2 Å². The quantitative estimate of drug-likeness (QED) is 0.525. The number of ether oxygens (including phenoxy) is 1. The molecule has 7 nitrogen and oxygen atoms in total. The van der Waals surface area contributed by atoms with Crippen LogP contribution in [0.2, 0.25) is 0 Å². The third-order valence-corrected chi connectivity index (χ3v) is 5.50. The molecule has 0 aliphatic heterocycles. The maximum absolute atomic E-state index is 13.0. The van der Waals surface area contributed by atoms with Crippen molar-refractivity contribution in [2.24, 2.45) is 5.92 Å². The molecule has 1 heterocycles. The zero-order valence-corrected chi connectivity index (χ0v) is 19.6. The van der Waals surface area contributed by atoms with E-state index in [0.717, 1.165) is 12.1 Å².